The Morgan fingerprint density at radius 2 is 1.95 bits per heavy atom. The van der Waals surface area contributed by atoms with E-state index in [1.807, 2.05) is 31.2 Å². The molecule has 0 bridgehead atoms. The van der Waals surface area contributed by atoms with Crippen molar-refractivity contribution >= 4 is 0 Å². The molecule has 0 saturated carbocycles. The Morgan fingerprint density at radius 1 is 1.19 bits per heavy atom. The molecule has 1 aliphatic rings. The number of hydrogen-bond acceptors (Lipinski definition) is 2. The quantitative estimate of drug-likeness (QED) is 0.905. The summed E-state index contributed by atoms with van der Waals surface area (Å²) >= 11 is 0. The van der Waals surface area contributed by atoms with E-state index in [-0.39, 0.29) is 6.10 Å². The number of aliphatic hydroxyl groups is 1. The molecule has 0 radical (unpaired) electrons. The van der Waals surface area contributed by atoms with Crippen LogP contribution in [-0.4, -0.2) is 11.2 Å². The van der Waals surface area contributed by atoms with Gasteiger partial charge in [0.2, 0.25) is 0 Å². The van der Waals surface area contributed by atoms with Crippen LogP contribution in [-0.2, 0) is 0 Å². The summed E-state index contributed by atoms with van der Waals surface area (Å²) in [7, 11) is 0. The minimum atomic E-state index is -0.415. The summed E-state index contributed by atoms with van der Waals surface area (Å²) in [6.07, 6.45) is 1.26. The highest BCUT2D eigenvalue weighted by Gasteiger charge is 2.28. The molecule has 2 aromatic carbocycles. The molecular weight excluding hydrogens is 260 g/mol. The van der Waals surface area contributed by atoms with Crippen LogP contribution in [0.5, 0.6) is 5.75 Å². The molecule has 3 rings (SSSR count). The van der Waals surface area contributed by atoms with E-state index in [2.05, 4.69) is 31.2 Å². The predicted octanol–water partition coefficient (Wildman–Crippen LogP) is 4.37. The second kappa shape index (κ2) is 5.90. The Bertz CT molecular complexity index is 606. The van der Waals surface area contributed by atoms with E-state index in [0.29, 0.717) is 12.3 Å². The molecule has 0 amide bonds. The minimum Gasteiger partial charge on any atom is -0.490 e. The Labute approximate surface area is 126 Å². The first kappa shape index (κ1) is 14.2. The number of aliphatic hydroxyl groups excluding tert-OH is 1. The molecule has 1 heterocycles. The summed E-state index contributed by atoms with van der Waals surface area (Å²) in [6, 6.07) is 16.5. The van der Waals surface area contributed by atoms with Gasteiger partial charge in [0.05, 0.1) is 6.10 Å². The molecule has 0 aliphatic carbocycles. The number of aryl methyl sites for hydroxylation is 1. The SMILES string of the molecule is Cc1ccc2c(c1)[C@H](O)CC(CC(C)c1ccccc1)O2. The minimum absolute atomic E-state index is 0.0745. The normalized spacial score (nSPS) is 22.2. The van der Waals surface area contributed by atoms with Crippen molar-refractivity contribution in [1.29, 1.82) is 0 Å². The Kier molecular flexibility index (Phi) is 3.98. The monoisotopic (exact) mass is 282 g/mol. The van der Waals surface area contributed by atoms with Gasteiger partial charge >= 0.3 is 0 Å². The smallest absolute Gasteiger partial charge is 0.125 e. The van der Waals surface area contributed by atoms with E-state index in [1.165, 1.54) is 5.56 Å². The summed E-state index contributed by atoms with van der Waals surface area (Å²) in [5.41, 5.74) is 3.41. The molecule has 3 atom stereocenters. The van der Waals surface area contributed by atoms with Crippen LogP contribution in [0.3, 0.4) is 0 Å². The van der Waals surface area contributed by atoms with Crippen molar-refractivity contribution < 1.29 is 9.84 Å². The average molecular weight is 282 g/mol. The lowest BCUT2D eigenvalue weighted by Gasteiger charge is -2.31. The third-order valence-corrected chi connectivity index (χ3v) is 4.29. The van der Waals surface area contributed by atoms with Crippen molar-refractivity contribution in [2.75, 3.05) is 0 Å². The first-order chi connectivity index (χ1) is 10.1. The molecule has 110 valence electrons. The number of ether oxygens (including phenoxy) is 1. The van der Waals surface area contributed by atoms with Crippen LogP contribution >= 0.6 is 0 Å². The Morgan fingerprint density at radius 3 is 2.71 bits per heavy atom. The highest BCUT2D eigenvalue weighted by molar-refractivity contribution is 5.40. The molecule has 21 heavy (non-hydrogen) atoms. The van der Waals surface area contributed by atoms with Gasteiger partial charge in [-0.05, 0) is 37.0 Å². The van der Waals surface area contributed by atoms with Crippen LogP contribution in [0.2, 0.25) is 0 Å². The summed E-state index contributed by atoms with van der Waals surface area (Å²) in [5, 5.41) is 10.4. The fourth-order valence-corrected chi connectivity index (χ4v) is 3.10. The van der Waals surface area contributed by atoms with Gasteiger partial charge in [0.15, 0.2) is 0 Å². The molecule has 2 nitrogen and oxygen atoms in total. The van der Waals surface area contributed by atoms with Gasteiger partial charge in [-0.25, -0.2) is 0 Å². The highest BCUT2D eigenvalue weighted by Crippen LogP contribution is 2.38. The van der Waals surface area contributed by atoms with Crippen LogP contribution in [0, 0.1) is 6.92 Å². The van der Waals surface area contributed by atoms with Gasteiger partial charge in [0, 0.05) is 12.0 Å². The van der Waals surface area contributed by atoms with Gasteiger partial charge in [-0.2, -0.15) is 0 Å². The predicted molar refractivity (Wildman–Crippen MR) is 84.6 cm³/mol. The van der Waals surface area contributed by atoms with Crippen LogP contribution < -0.4 is 4.74 Å². The lowest BCUT2D eigenvalue weighted by atomic mass is 9.89. The molecule has 0 aromatic heterocycles. The molecule has 0 saturated heterocycles. The summed E-state index contributed by atoms with van der Waals surface area (Å²) in [5.74, 6) is 1.26. The molecule has 2 unspecified atom stereocenters. The third kappa shape index (κ3) is 3.11. The van der Waals surface area contributed by atoms with E-state index in [9.17, 15) is 5.11 Å². The van der Waals surface area contributed by atoms with Gasteiger partial charge in [-0.15, -0.1) is 0 Å². The van der Waals surface area contributed by atoms with Crippen molar-refractivity contribution in [2.45, 2.75) is 44.8 Å². The zero-order valence-electron chi connectivity index (χ0n) is 12.6. The van der Waals surface area contributed by atoms with Crippen molar-refractivity contribution in [1.82, 2.24) is 0 Å². The topological polar surface area (TPSA) is 29.5 Å². The van der Waals surface area contributed by atoms with Gasteiger partial charge in [-0.1, -0.05) is 48.9 Å². The fourth-order valence-electron chi connectivity index (χ4n) is 3.10. The van der Waals surface area contributed by atoms with Crippen molar-refractivity contribution in [3.63, 3.8) is 0 Å². The number of benzene rings is 2. The zero-order valence-corrected chi connectivity index (χ0v) is 12.6. The summed E-state index contributed by atoms with van der Waals surface area (Å²) in [4.78, 5) is 0. The van der Waals surface area contributed by atoms with Crippen molar-refractivity contribution in [3.05, 3.63) is 65.2 Å². The van der Waals surface area contributed by atoms with Crippen molar-refractivity contribution in [2.24, 2.45) is 0 Å². The largest absolute Gasteiger partial charge is 0.490 e. The number of hydrogen-bond donors (Lipinski definition) is 1. The van der Waals surface area contributed by atoms with E-state index >= 15 is 0 Å². The zero-order chi connectivity index (χ0) is 14.8. The molecule has 1 N–H and O–H groups in total. The number of fused-ring (bicyclic) bond motifs is 1. The lowest BCUT2D eigenvalue weighted by Crippen LogP contribution is -2.27. The van der Waals surface area contributed by atoms with E-state index in [0.717, 1.165) is 23.3 Å². The van der Waals surface area contributed by atoms with E-state index in [4.69, 9.17) is 4.74 Å². The maximum atomic E-state index is 10.4. The lowest BCUT2D eigenvalue weighted by molar-refractivity contribution is 0.0589. The molecular formula is C19H22O2. The van der Waals surface area contributed by atoms with Crippen LogP contribution in [0.1, 0.15) is 48.5 Å². The molecule has 2 aromatic rings. The second-order valence-corrected chi connectivity index (χ2v) is 6.08. The highest BCUT2D eigenvalue weighted by atomic mass is 16.5. The maximum absolute atomic E-state index is 10.4. The van der Waals surface area contributed by atoms with E-state index in [1.54, 1.807) is 0 Å². The maximum Gasteiger partial charge on any atom is 0.125 e. The van der Waals surface area contributed by atoms with Gasteiger partial charge in [-0.3, -0.25) is 0 Å². The molecule has 1 aliphatic heterocycles. The third-order valence-electron chi connectivity index (χ3n) is 4.29. The fraction of sp³-hybridized carbons (Fsp3) is 0.368. The van der Waals surface area contributed by atoms with Crippen LogP contribution in [0.15, 0.2) is 48.5 Å². The first-order valence-corrected chi connectivity index (χ1v) is 7.63. The van der Waals surface area contributed by atoms with Crippen LogP contribution in [0.4, 0.5) is 0 Å². The van der Waals surface area contributed by atoms with Gasteiger partial charge < -0.3 is 9.84 Å². The molecule has 2 heteroatoms. The Hall–Kier alpha value is -1.80. The molecule has 0 fully saturated rings. The number of rotatable bonds is 3. The Balaban J connectivity index is 1.73. The second-order valence-electron chi connectivity index (χ2n) is 6.08. The van der Waals surface area contributed by atoms with Gasteiger partial charge in [0.25, 0.3) is 0 Å². The standard InChI is InChI=1S/C19H22O2/c1-13-8-9-19-17(10-13)18(20)12-16(21-19)11-14(2)15-6-4-3-5-7-15/h3-10,14,16,18,20H,11-12H2,1-2H3/t14?,16?,18-/m1/s1. The van der Waals surface area contributed by atoms with Crippen molar-refractivity contribution in [3.8, 4) is 5.75 Å². The average Bonchev–Trinajstić information content (AvgIpc) is 2.49. The first-order valence-electron chi connectivity index (χ1n) is 7.63. The molecule has 0 spiro atoms. The van der Waals surface area contributed by atoms with Crippen LogP contribution in [0.25, 0.3) is 0 Å². The van der Waals surface area contributed by atoms with Gasteiger partial charge in [0.1, 0.15) is 11.9 Å². The summed E-state index contributed by atoms with van der Waals surface area (Å²) in [6.45, 7) is 4.26. The van der Waals surface area contributed by atoms with E-state index < -0.39 is 6.10 Å². The summed E-state index contributed by atoms with van der Waals surface area (Å²) < 4.78 is 6.09.